The van der Waals surface area contributed by atoms with Crippen molar-refractivity contribution < 1.29 is 18.7 Å². The molecule has 0 aliphatic carbocycles. The summed E-state index contributed by atoms with van der Waals surface area (Å²) in [5, 5.41) is 0.569. The minimum atomic E-state index is -1.23. The second-order valence-electron chi connectivity index (χ2n) is 7.82. The number of hydrogen-bond donors (Lipinski definition) is 0. The number of anilines is 1. The predicted molar refractivity (Wildman–Crippen MR) is 127 cm³/mol. The predicted octanol–water partition coefficient (Wildman–Crippen LogP) is 5.08. The van der Waals surface area contributed by atoms with Gasteiger partial charge in [0.15, 0.2) is 4.87 Å². The molecule has 8 heteroatoms. The van der Waals surface area contributed by atoms with Gasteiger partial charge in [-0.1, -0.05) is 29.8 Å². The van der Waals surface area contributed by atoms with E-state index in [1.807, 2.05) is 30.3 Å². The van der Waals surface area contributed by atoms with Gasteiger partial charge < -0.3 is 14.5 Å². The third-order valence-electron chi connectivity index (χ3n) is 6.02. The molecule has 1 atom stereocenters. The molecule has 168 valence electrons. The number of ether oxygens (including phenoxy) is 1. The lowest BCUT2D eigenvalue weighted by Gasteiger charge is -2.33. The van der Waals surface area contributed by atoms with Crippen molar-refractivity contribution in [3.63, 3.8) is 0 Å². The van der Waals surface area contributed by atoms with E-state index in [0.29, 0.717) is 39.9 Å². The molecule has 0 saturated carbocycles. The third kappa shape index (κ3) is 3.47. The number of amides is 2. The summed E-state index contributed by atoms with van der Waals surface area (Å²) < 4.78 is 18.9. The van der Waals surface area contributed by atoms with Crippen molar-refractivity contribution in [1.82, 2.24) is 4.90 Å². The maximum absolute atomic E-state index is 14.1. The number of rotatable bonds is 4. The molecule has 1 unspecified atom stereocenters. The lowest BCUT2D eigenvalue weighted by Crippen LogP contribution is -2.50. The standard InChI is InChI=1S/C25H20ClFN2O3S/c1-32-19-10-11-22-20(14-19)25(24(31)28(22)15-17-4-2-3-5-21(17)26)29(12-13-33-25)23(30)16-6-8-18(27)9-7-16/h2-11,14H,12-13,15H2,1H3. The van der Waals surface area contributed by atoms with Crippen LogP contribution in [0.3, 0.4) is 0 Å². The van der Waals surface area contributed by atoms with E-state index in [-0.39, 0.29) is 18.4 Å². The SMILES string of the molecule is COc1ccc2c(c1)C1(SCCN1C(=O)c1ccc(F)cc1)C(=O)N2Cc1ccccc1Cl. The average Bonchev–Trinajstić information content (AvgIpc) is 3.37. The van der Waals surface area contributed by atoms with Gasteiger partial charge in [0.2, 0.25) is 0 Å². The molecule has 33 heavy (non-hydrogen) atoms. The molecule has 2 amide bonds. The molecule has 2 heterocycles. The van der Waals surface area contributed by atoms with Gasteiger partial charge in [-0.2, -0.15) is 0 Å². The Labute approximate surface area is 200 Å². The van der Waals surface area contributed by atoms with Crippen LogP contribution in [-0.2, 0) is 16.2 Å². The van der Waals surface area contributed by atoms with Crippen molar-refractivity contribution in [2.24, 2.45) is 0 Å². The normalized spacial score (nSPS) is 19.3. The van der Waals surface area contributed by atoms with Gasteiger partial charge in [0.05, 0.1) is 19.3 Å². The zero-order valence-corrected chi connectivity index (χ0v) is 19.3. The summed E-state index contributed by atoms with van der Waals surface area (Å²) in [4.78, 5) is 29.6. The summed E-state index contributed by atoms with van der Waals surface area (Å²) in [5.74, 6) is 0.248. The van der Waals surface area contributed by atoms with Crippen LogP contribution in [0.2, 0.25) is 5.02 Å². The molecule has 0 aromatic heterocycles. The molecule has 0 N–H and O–H groups in total. The summed E-state index contributed by atoms with van der Waals surface area (Å²) in [7, 11) is 1.57. The summed E-state index contributed by atoms with van der Waals surface area (Å²) in [6.45, 7) is 0.669. The number of nitrogens with zero attached hydrogens (tertiary/aromatic N) is 2. The Bertz CT molecular complexity index is 1250. The van der Waals surface area contributed by atoms with Crippen LogP contribution in [0.5, 0.6) is 5.75 Å². The highest BCUT2D eigenvalue weighted by Crippen LogP contribution is 2.55. The van der Waals surface area contributed by atoms with Crippen LogP contribution in [0.1, 0.15) is 21.5 Å². The number of carbonyl (C=O) groups is 2. The number of thioether (sulfide) groups is 1. The maximum atomic E-state index is 14.1. The molecule has 3 aromatic carbocycles. The van der Waals surface area contributed by atoms with Crippen LogP contribution in [-0.4, -0.2) is 36.1 Å². The molecule has 0 radical (unpaired) electrons. The second-order valence-corrected chi connectivity index (χ2v) is 9.52. The molecule has 3 aromatic rings. The molecular formula is C25H20ClFN2O3S. The first-order chi connectivity index (χ1) is 16.0. The van der Waals surface area contributed by atoms with E-state index in [1.54, 1.807) is 29.0 Å². The minimum absolute atomic E-state index is 0.205. The van der Waals surface area contributed by atoms with Crippen LogP contribution in [0.15, 0.2) is 66.7 Å². The van der Waals surface area contributed by atoms with E-state index in [1.165, 1.54) is 36.0 Å². The molecule has 2 aliphatic rings. The third-order valence-corrected chi connectivity index (χ3v) is 7.81. The quantitative estimate of drug-likeness (QED) is 0.520. The fourth-order valence-corrected chi connectivity index (χ4v) is 6.07. The van der Waals surface area contributed by atoms with E-state index in [9.17, 15) is 14.0 Å². The van der Waals surface area contributed by atoms with Crippen molar-refractivity contribution in [2.45, 2.75) is 11.4 Å². The van der Waals surface area contributed by atoms with Crippen molar-refractivity contribution in [3.8, 4) is 5.75 Å². The molecule has 1 spiro atoms. The Kier molecular flexibility index (Phi) is 5.54. The fourth-order valence-electron chi connectivity index (χ4n) is 4.42. The van der Waals surface area contributed by atoms with Gasteiger partial charge in [0.25, 0.3) is 11.8 Å². The number of hydrogen-bond acceptors (Lipinski definition) is 4. The van der Waals surface area contributed by atoms with E-state index < -0.39 is 10.7 Å². The highest BCUT2D eigenvalue weighted by molar-refractivity contribution is 8.01. The molecular weight excluding hydrogens is 463 g/mol. The van der Waals surface area contributed by atoms with Crippen LogP contribution in [0.25, 0.3) is 0 Å². The fraction of sp³-hybridized carbons (Fsp3) is 0.200. The number of methoxy groups -OCH3 is 1. The molecule has 1 fully saturated rings. The zero-order valence-electron chi connectivity index (χ0n) is 17.8. The molecule has 2 aliphatic heterocycles. The lowest BCUT2D eigenvalue weighted by atomic mass is 10.0. The van der Waals surface area contributed by atoms with Gasteiger partial charge in [0.1, 0.15) is 11.6 Å². The first kappa shape index (κ1) is 21.8. The summed E-state index contributed by atoms with van der Waals surface area (Å²) in [6.07, 6.45) is 0. The average molecular weight is 483 g/mol. The number of benzene rings is 3. The highest BCUT2D eigenvalue weighted by Gasteiger charge is 2.59. The van der Waals surface area contributed by atoms with Gasteiger partial charge in [-0.25, -0.2) is 4.39 Å². The number of carbonyl (C=O) groups excluding carboxylic acids is 2. The van der Waals surface area contributed by atoms with Gasteiger partial charge in [0, 0.05) is 28.4 Å². The van der Waals surface area contributed by atoms with Crippen molar-refractivity contribution in [2.75, 3.05) is 24.3 Å². The van der Waals surface area contributed by atoms with Crippen LogP contribution >= 0.6 is 23.4 Å². The molecule has 5 rings (SSSR count). The largest absolute Gasteiger partial charge is 0.497 e. The van der Waals surface area contributed by atoms with E-state index in [2.05, 4.69) is 0 Å². The van der Waals surface area contributed by atoms with E-state index >= 15 is 0 Å². The van der Waals surface area contributed by atoms with Crippen LogP contribution in [0, 0.1) is 5.82 Å². The topological polar surface area (TPSA) is 49.9 Å². The van der Waals surface area contributed by atoms with Crippen LogP contribution < -0.4 is 9.64 Å². The summed E-state index contributed by atoms with van der Waals surface area (Å²) >= 11 is 7.82. The Morgan fingerprint density at radius 1 is 1.15 bits per heavy atom. The molecule has 1 saturated heterocycles. The molecule has 0 bridgehead atoms. The van der Waals surface area contributed by atoms with Crippen molar-refractivity contribution >= 4 is 40.9 Å². The van der Waals surface area contributed by atoms with Crippen LogP contribution in [0.4, 0.5) is 10.1 Å². The van der Waals surface area contributed by atoms with Gasteiger partial charge in [-0.15, -0.1) is 11.8 Å². The summed E-state index contributed by atoms with van der Waals surface area (Å²) in [6, 6.07) is 18.2. The second kappa shape index (κ2) is 8.39. The number of fused-ring (bicyclic) bond motifs is 2. The van der Waals surface area contributed by atoms with E-state index in [4.69, 9.17) is 16.3 Å². The van der Waals surface area contributed by atoms with Crippen molar-refractivity contribution in [1.29, 1.82) is 0 Å². The lowest BCUT2D eigenvalue weighted by molar-refractivity contribution is -0.123. The monoisotopic (exact) mass is 482 g/mol. The van der Waals surface area contributed by atoms with Gasteiger partial charge >= 0.3 is 0 Å². The summed E-state index contributed by atoms with van der Waals surface area (Å²) in [5.41, 5.74) is 2.56. The highest BCUT2D eigenvalue weighted by atomic mass is 35.5. The first-order valence-corrected chi connectivity index (χ1v) is 11.8. The molecule has 5 nitrogen and oxygen atoms in total. The van der Waals surface area contributed by atoms with Gasteiger partial charge in [-0.05, 0) is 54.1 Å². The van der Waals surface area contributed by atoms with Gasteiger partial charge in [-0.3, -0.25) is 9.59 Å². The Balaban J connectivity index is 1.62. The Morgan fingerprint density at radius 2 is 1.91 bits per heavy atom. The smallest absolute Gasteiger partial charge is 0.268 e. The Morgan fingerprint density at radius 3 is 2.64 bits per heavy atom. The first-order valence-electron chi connectivity index (χ1n) is 10.4. The number of halogens is 2. The minimum Gasteiger partial charge on any atom is -0.497 e. The van der Waals surface area contributed by atoms with E-state index in [0.717, 1.165) is 5.56 Å². The zero-order chi connectivity index (χ0) is 23.2. The maximum Gasteiger partial charge on any atom is 0.268 e. The van der Waals surface area contributed by atoms with Crippen molar-refractivity contribution in [3.05, 3.63) is 94.3 Å². The Hall–Kier alpha value is -3.03.